The van der Waals surface area contributed by atoms with Crippen LogP contribution < -0.4 is 27.1 Å². The van der Waals surface area contributed by atoms with Crippen molar-refractivity contribution < 1.29 is 19.2 Å². The van der Waals surface area contributed by atoms with Gasteiger partial charge in [-0.05, 0) is 47.1 Å². The highest BCUT2D eigenvalue weighted by Crippen LogP contribution is 2.22. The monoisotopic (exact) mass is 512 g/mol. The van der Waals surface area contributed by atoms with Gasteiger partial charge < -0.3 is 19.7 Å². The fourth-order valence-corrected chi connectivity index (χ4v) is 3.30. The lowest BCUT2D eigenvalue weighted by Gasteiger charge is -2.11. The van der Waals surface area contributed by atoms with Gasteiger partial charge in [0.05, 0.1) is 18.8 Å². The molecule has 0 saturated heterocycles. The van der Waals surface area contributed by atoms with Gasteiger partial charge in [-0.15, -0.1) is 0 Å². The van der Waals surface area contributed by atoms with Gasteiger partial charge in [-0.3, -0.25) is 14.3 Å². The molecule has 0 aliphatic rings. The predicted octanol–water partition coefficient (Wildman–Crippen LogP) is 1.16. The molecule has 36 heavy (non-hydrogen) atoms. The highest BCUT2D eigenvalue weighted by Gasteiger charge is 2.13. The number of hydrogen-bond acceptors (Lipinski definition) is 8. The number of aliphatic hydroxyl groups excluding tert-OH is 1. The number of ether oxygens (including phenoxy) is 1. The summed E-state index contributed by atoms with van der Waals surface area (Å²) in [5.74, 6) is 0.174. The van der Waals surface area contributed by atoms with Gasteiger partial charge in [0.1, 0.15) is 18.6 Å². The minimum absolute atomic E-state index is 0.0000480. The highest BCUT2D eigenvalue weighted by atomic mass is 35.5. The lowest BCUT2D eigenvalue weighted by atomic mass is 10.2. The Balaban J connectivity index is 1.72. The van der Waals surface area contributed by atoms with E-state index in [1.54, 1.807) is 54.6 Å². The number of nitrogens with one attached hydrogen (secondary N) is 2. The Labute approximate surface area is 208 Å². The fourth-order valence-electron chi connectivity index (χ4n) is 3.18. The summed E-state index contributed by atoms with van der Waals surface area (Å²) < 4.78 is 12.3. The van der Waals surface area contributed by atoms with Gasteiger partial charge in [-0.2, -0.15) is 0 Å². The topological polar surface area (TPSA) is 157 Å². The van der Waals surface area contributed by atoms with Crippen molar-refractivity contribution in [3.8, 4) is 11.6 Å². The first-order valence-corrected chi connectivity index (χ1v) is 11.1. The number of halogens is 1. The van der Waals surface area contributed by atoms with Crippen LogP contribution in [-0.4, -0.2) is 43.4 Å². The molecule has 13 heteroatoms. The van der Waals surface area contributed by atoms with E-state index in [2.05, 4.69) is 20.4 Å². The van der Waals surface area contributed by atoms with E-state index in [4.69, 9.17) is 26.0 Å². The van der Waals surface area contributed by atoms with Crippen LogP contribution in [0.5, 0.6) is 11.6 Å². The van der Waals surface area contributed by atoms with Crippen molar-refractivity contribution in [3.63, 3.8) is 0 Å². The SMILES string of the molecule is O=C(Cn1c(=O)[nH]/c(=N\c2ccc(Oc3ccon3)cc2)n(Cc2ccc(Cl)cc2)c1=O)NCCO. The first-order valence-electron chi connectivity index (χ1n) is 10.7. The molecule has 0 aliphatic heterocycles. The molecule has 0 bridgehead atoms. The van der Waals surface area contributed by atoms with E-state index in [1.165, 1.54) is 10.8 Å². The summed E-state index contributed by atoms with van der Waals surface area (Å²) in [6, 6.07) is 14.9. The fraction of sp³-hybridized carbons (Fsp3) is 0.174. The molecule has 2 aromatic heterocycles. The van der Waals surface area contributed by atoms with Gasteiger partial charge in [0.2, 0.25) is 11.5 Å². The Hall–Kier alpha value is -4.42. The minimum atomic E-state index is -0.809. The second kappa shape index (κ2) is 11.3. The van der Waals surface area contributed by atoms with Crippen LogP contribution in [0.1, 0.15) is 5.56 Å². The van der Waals surface area contributed by atoms with Crippen LogP contribution in [-0.2, 0) is 17.9 Å². The smallest absolute Gasteiger partial charge is 0.335 e. The molecule has 0 spiro atoms. The van der Waals surface area contributed by atoms with E-state index in [9.17, 15) is 14.4 Å². The number of aromatic nitrogens is 4. The molecule has 0 unspecified atom stereocenters. The molecule has 2 aromatic carbocycles. The van der Waals surface area contributed by atoms with E-state index in [0.717, 1.165) is 10.1 Å². The maximum absolute atomic E-state index is 13.3. The second-order valence-electron chi connectivity index (χ2n) is 7.45. The molecule has 0 saturated carbocycles. The van der Waals surface area contributed by atoms with Crippen LogP contribution in [0.2, 0.25) is 5.02 Å². The van der Waals surface area contributed by atoms with E-state index >= 15 is 0 Å². The summed E-state index contributed by atoms with van der Waals surface area (Å²) in [5, 5.41) is 15.5. The molecule has 3 N–H and O–H groups in total. The van der Waals surface area contributed by atoms with E-state index < -0.39 is 23.8 Å². The number of aromatic amines is 1. The zero-order valence-electron chi connectivity index (χ0n) is 18.8. The van der Waals surface area contributed by atoms with Crippen molar-refractivity contribution in [2.24, 2.45) is 4.99 Å². The largest absolute Gasteiger partial charge is 0.436 e. The zero-order valence-corrected chi connectivity index (χ0v) is 19.5. The molecule has 0 aliphatic carbocycles. The Morgan fingerprint density at radius 3 is 2.53 bits per heavy atom. The standard InChI is InChI=1S/C23H21ClN6O6/c24-16-3-1-15(2-4-16)13-29-21(27-22(33)30(23(29)34)14-19(32)25-10-11-31)26-17-5-7-18(8-6-17)36-20-9-12-35-28-20/h1-9,12,31H,10-11,13-14H2,(H,25,32)(H,26,27,33). The number of hydrogen-bond donors (Lipinski definition) is 3. The Bertz CT molecular complexity index is 1510. The number of nitrogens with zero attached hydrogens (tertiary/aromatic N) is 4. The van der Waals surface area contributed by atoms with E-state index in [-0.39, 0.29) is 31.2 Å². The quantitative estimate of drug-likeness (QED) is 0.303. The summed E-state index contributed by atoms with van der Waals surface area (Å²) in [4.78, 5) is 45.1. The molecule has 186 valence electrons. The molecule has 1 amide bonds. The Morgan fingerprint density at radius 1 is 1.11 bits per heavy atom. The van der Waals surface area contributed by atoms with Gasteiger partial charge in [0.25, 0.3) is 5.88 Å². The first-order chi connectivity index (χ1) is 17.4. The van der Waals surface area contributed by atoms with Crippen molar-refractivity contribution in [1.82, 2.24) is 24.6 Å². The van der Waals surface area contributed by atoms with Gasteiger partial charge >= 0.3 is 11.4 Å². The van der Waals surface area contributed by atoms with Crippen LogP contribution in [0.25, 0.3) is 0 Å². The van der Waals surface area contributed by atoms with Crippen LogP contribution in [0.15, 0.2) is 80.0 Å². The first kappa shape index (κ1) is 24.7. The average molecular weight is 513 g/mol. The van der Waals surface area contributed by atoms with Gasteiger partial charge in [0, 0.05) is 17.6 Å². The third-order valence-corrected chi connectivity index (χ3v) is 5.13. The summed E-state index contributed by atoms with van der Waals surface area (Å²) in [7, 11) is 0. The minimum Gasteiger partial charge on any atom is -0.436 e. The maximum atomic E-state index is 13.3. The van der Waals surface area contributed by atoms with Crippen molar-refractivity contribution in [1.29, 1.82) is 0 Å². The number of carbonyl (C=O) groups excluding carboxylic acids is 1. The molecule has 0 atom stereocenters. The lowest BCUT2D eigenvalue weighted by Crippen LogP contribution is -2.51. The number of amides is 1. The summed E-state index contributed by atoms with van der Waals surface area (Å²) in [6.07, 6.45) is 1.38. The van der Waals surface area contributed by atoms with Crippen molar-refractivity contribution in [2.45, 2.75) is 13.1 Å². The predicted molar refractivity (Wildman–Crippen MR) is 128 cm³/mol. The molecule has 4 aromatic rings. The Morgan fingerprint density at radius 2 is 1.86 bits per heavy atom. The molecule has 0 fully saturated rings. The molecular formula is C23H21ClN6O6. The van der Waals surface area contributed by atoms with Gasteiger partial charge in [0.15, 0.2) is 0 Å². The molecule has 2 heterocycles. The van der Waals surface area contributed by atoms with Gasteiger partial charge in [-0.1, -0.05) is 23.7 Å². The van der Waals surface area contributed by atoms with Crippen molar-refractivity contribution in [2.75, 3.05) is 13.2 Å². The second-order valence-corrected chi connectivity index (χ2v) is 7.89. The van der Waals surface area contributed by atoms with Crippen LogP contribution in [0, 0.1) is 0 Å². The molecular weight excluding hydrogens is 492 g/mol. The number of rotatable bonds is 9. The third kappa shape index (κ3) is 6.17. The number of aliphatic hydroxyl groups is 1. The Kier molecular flexibility index (Phi) is 7.78. The number of carbonyl (C=O) groups is 1. The van der Waals surface area contributed by atoms with Crippen LogP contribution in [0.4, 0.5) is 5.69 Å². The summed E-state index contributed by atoms with van der Waals surface area (Å²) >= 11 is 5.97. The molecule has 4 rings (SSSR count). The van der Waals surface area contributed by atoms with E-state index in [1.807, 2.05) is 0 Å². The molecule has 12 nitrogen and oxygen atoms in total. The number of benzene rings is 2. The summed E-state index contributed by atoms with van der Waals surface area (Å²) in [5.41, 5.74) is -0.413. The zero-order chi connectivity index (χ0) is 25.5. The third-order valence-electron chi connectivity index (χ3n) is 4.88. The van der Waals surface area contributed by atoms with Crippen molar-refractivity contribution >= 4 is 23.2 Å². The maximum Gasteiger partial charge on any atom is 0.335 e. The lowest BCUT2D eigenvalue weighted by molar-refractivity contribution is -0.122. The highest BCUT2D eigenvalue weighted by molar-refractivity contribution is 6.30. The van der Waals surface area contributed by atoms with E-state index in [0.29, 0.717) is 16.5 Å². The number of H-pyrrole nitrogens is 1. The van der Waals surface area contributed by atoms with Crippen LogP contribution in [0.3, 0.4) is 0 Å². The van der Waals surface area contributed by atoms with Gasteiger partial charge in [-0.25, -0.2) is 19.1 Å². The normalized spacial score (nSPS) is 11.4. The molecule has 0 radical (unpaired) electrons. The average Bonchev–Trinajstić information content (AvgIpc) is 3.38. The van der Waals surface area contributed by atoms with Crippen LogP contribution >= 0.6 is 11.6 Å². The van der Waals surface area contributed by atoms with Crippen molar-refractivity contribution in [3.05, 3.63) is 98.0 Å². The summed E-state index contributed by atoms with van der Waals surface area (Å²) in [6.45, 7) is -0.742.